The maximum Gasteiger partial charge on any atom is 0.325 e. The molecule has 1 aromatic carbocycles. The van der Waals surface area contributed by atoms with Crippen LogP contribution < -0.4 is 10.6 Å². The summed E-state index contributed by atoms with van der Waals surface area (Å²) in [6, 6.07) is 4.77. The zero-order valence-corrected chi connectivity index (χ0v) is 14.7. The molecule has 7 heteroatoms. The highest BCUT2D eigenvalue weighted by Crippen LogP contribution is 2.42. The molecule has 1 aliphatic heterocycles. The van der Waals surface area contributed by atoms with Crippen LogP contribution in [-0.2, 0) is 21.5 Å². The van der Waals surface area contributed by atoms with Gasteiger partial charge in [0.25, 0.3) is 5.91 Å². The van der Waals surface area contributed by atoms with E-state index in [0.29, 0.717) is 17.9 Å². The Morgan fingerprint density at radius 2 is 2.08 bits per heavy atom. The van der Waals surface area contributed by atoms with E-state index in [4.69, 9.17) is 11.6 Å². The lowest BCUT2D eigenvalue weighted by Crippen LogP contribution is -2.48. The van der Waals surface area contributed by atoms with Crippen LogP contribution in [0.5, 0.6) is 0 Å². The van der Waals surface area contributed by atoms with Crippen LogP contribution in [0, 0.1) is 0 Å². The minimum atomic E-state index is -1.07. The Balaban J connectivity index is 1.85. The van der Waals surface area contributed by atoms with Gasteiger partial charge in [-0.05, 0) is 56.9 Å². The fourth-order valence-electron chi connectivity index (χ4n) is 3.37. The summed E-state index contributed by atoms with van der Waals surface area (Å²) < 4.78 is 0. The molecule has 2 aliphatic rings. The van der Waals surface area contributed by atoms with Crippen LogP contribution in [0.4, 0.5) is 4.79 Å². The van der Waals surface area contributed by atoms with E-state index in [0.717, 1.165) is 16.0 Å². The van der Waals surface area contributed by atoms with Crippen molar-refractivity contribution in [2.45, 2.75) is 44.7 Å². The van der Waals surface area contributed by atoms with Gasteiger partial charge >= 0.3 is 6.03 Å². The molecule has 4 amide bonds. The van der Waals surface area contributed by atoms with E-state index >= 15 is 0 Å². The number of aryl methyl sites for hydroxylation is 1. The molecule has 24 heavy (non-hydrogen) atoms. The molecule has 0 aromatic heterocycles. The first-order chi connectivity index (χ1) is 11.1. The van der Waals surface area contributed by atoms with Crippen LogP contribution in [0.15, 0.2) is 18.2 Å². The standard InChI is InChI=1S/C17H20ClN3O3/c1-16(2,3)19-13(22)9-21-14(23)17(20-15(21)24)7-6-10-8-11(18)4-5-12(10)17/h4-5,8H,6-7,9H2,1-3H3,(H,19,22)(H,20,24)/t17-/m1/s1. The Morgan fingerprint density at radius 3 is 2.75 bits per heavy atom. The lowest BCUT2D eigenvalue weighted by atomic mass is 9.92. The number of hydrogen-bond acceptors (Lipinski definition) is 3. The Kier molecular flexibility index (Phi) is 3.83. The summed E-state index contributed by atoms with van der Waals surface area (Å²) in [6.45, 7) is 5.24. The highest BCUT2D eigenvalue weighted by Gasteiger charge is 2.55. The number of halogens is 1. The molecule has 128 valence electrons. The van der Waals surface area contributed by atoms with Crippen LogP contribution in [0.2, 0.25) is 5.02 Å². The summed E-state index contributed by atoms with van der Waals surface area (Å²) >= 11 is 6.01. The molecule has 3 rings (SSSR count). The van der Waals surface area contributed by atoms with Crippen molar-refractivity contribution in [3.63, 3.8) is 0 Å². The lowest BCUT2D eigenvalue weighted by Gasteiger charge is -2.24. The predicted octanol–water partition coefficient (Wildman–Crippen LogP) is 1.95. The van der Waals surface area contributed by atoms with Gasteiger partial charge < -0.3 is 10.6 Å². The van der Waals surface area contributed by atoms with Gasteiger partial charge in [0.2, 0.25) is 5.91 Å². The van der Waals surface area contributed by atoms with Crippen LogP contribution in [0.3, 0.4) is 0 Å². The zero-order chi connectivity index (χ0) is 17.7. The number of imide groups is 1. The van der Waals surface area contributed by atoms with E-state index in [-0.39, 0.29) is 18.4 Å². The highest BCUT2D eigenvalue weighted by atomic mass is 35.5. The first-order valence-corrected chi connectivity index (χ1v) is 8.24. The smallest absolute Gasteiger partial charge is 0.325 e. The summed E-state index contributed by atoms with van der Waals surface area (Å²) in [6.07, 6.45) is 1.13. The molecule has 1 aromatic rings. The molecule has 0 bridgehead atoms. The summed E-state index contributed by atoms with van der Waals surface area (Å²) in [7, 11) is 0. The number of carbonyl (C=O) groups excluding carboxylic acids is 3. The monoisotopic (exact) mass is 349 g/mol. The Hall–Kier alpha value is -2.08. The molecule has 1 spiro atoms. The molecule has 0 saturated carbocycles. The third kappa shape index (κ3) is 2.75. The molecule has 0 unspecified atom stereocenters. The second kappa shape index (κ2) is 5.48. The maximum atomic E-state index is 12.9. The average molecular weight is 350 g/mol. The van der Waals surface area contributed by atoms with Crippen LogP contribution in [0.1, 0.15) is 38.3 Å². The van der Waals surface area contributed by atoms with Crippen molar-refractivity contribution in [3.8, 4) is 0 Å². The number of urea groups is 1. The number of nitrogens with zero attached hydrogens (tertiary/aromatic N) is 1. The first kappa shape index (κ1) is 16.8. The number of carbonyl (C=O) groups is 3. The van der Waals surface area contributed by atoms with Gasteiger partial charge in [-0.2, -0.15) is 0 Å². The van der Waals surface area contributed by atoms with Crippen LogP contribution in [0.25, 0.3) is 0 Å². The van der Waals surface area contributed by atoms with Crippen molar-refractivity contribution in [2.75, 3.05) is 6.54 Å². The number of fused-ring (bicyclic) bond motifs is 2. The summed E-state index contributed by atoms with van der Waals surface area (Å²) in [4.78, 5) is 38.3. The molecular formula is C17H20ClN3O3. The van der Waals surface area contributed by atoms with Crippen molar-refractivity contribution < 1.29 is 14.4 Å². The summed E-state index contributed by atoms with van der Waals surface area (Å²) in [5, 5.41) is 6.15. The number of hydrogen-bond donors (Lipinski definition) is 2. The van der Waals surface area contributed by atoms with E-state index in [1.807, 2.05) is 26.8 Å². The maximum absolute atomic E-state index is 12.9. The molecule has 1 fully saturated rings. The van der Waals surface area contributed by atoms with Crippen molar-refractivity contribution in [3.05, 3.63) is 34.3 Å². The molecule has 1 aliphatic carbocycles. The molecule has 2 N–H and O–H groups in total. The van der Waals surface area contributed by atoms with E-state index in [1.165, 1.54) is 0 Å². The average Bonchev–Trinajstić information content (AvgIpc) is 2.91. The number of rotatable bonds is 2. The second-order valence-corrected chi connectivity index (χ2v) is 7.76. The fraction of sp³-hybridized carbons (Fsp3) is 0.471. The zero-order valence-electron chi connectivity index (χ0n) is 13.9. The summed E-state index contributed by atoms with van der Waals surface area (Å²) in [5.41, 5.74) is 0.227. The van der Waals surface area contributed by atoms with Crippen molar-refractivity contribution in [1.29, 1.82) is 0 Å². The topological polar surface area (TPSA) is 78.5 Å². The van der Waals surface area contributed by atoms with Crippen molar-refractivity contribution >= 4 is 29.4 Å². The van der Waals surface area contributed by atoms with Gasteiger partial charge in [-0.25, -0.2) is 4.79 Å². The Morgan fingerprint density at radius 1 is 1.38 bits per heavy atom. The van der Waals surface area contributed by atoms with Crippen LogP contribution in [-0.4, -0.2) is 34.8 Å². The Bertz CT molecular complexity index is 741. The van der Waals surface area contributed by atoms with Gasteiger partial charge in [0, 0.05) is 10.6 Å². The lowest BCUT2D eigenvalue weighted by molar-refractivity contribution is -0.135. The number of benzene rings is 1. The minimum absolute atomic E-state index is 0.285. The molecule has 1 saturated heterocycles. The van der Waals surface area contributed by atoms with Crippen LogP contribution >= 0.6 is 11.6 Å². The van der Waals surface area contributed by atoms with Gasteiger partial charge in [0.1, 0.15) is 12.1 Å². The van der Waals surface area contributed by atoms with E-state index in [2.05, 4.69) is 10.6 Å². The normalized spacial score (nSPS) is 22.8. The molecule has 6 nitrogen and oxygen atoms in total. The largest absolute Gasteiger partial charge is 0.350 e. The van der Waals surface area contributed by atoms with Gasteiger partial charge in [-0.15, -0.1) is 0 Å². The van der Waals surface area contributed by atoms with Crippen molar-refractivity contribution in [1.82, 2.24) is 15.5 Å². The first-order valence-electron chi connectivity index (χ1n) is 7.86. The number of amides is 4. The second-order valence-electron chi connectivity index (χ2n) is 7.33. The molecule has 1 heterocycles. The summed E-state index contributed by atoms with van der Waals surface area (Å²) in [5.74, 6) is -0.741. The minimum Gasteiger partial charge on any atom is -0.350 e. The highest BCUT2D eigenvalue weighted by molar-refractivity contribution is 6.30. The Labute approximate surface area is 145 Å². The van der Waals surface area contributed by atoms with E-state index in [1.54, 1.807) is 12.1 Å². The van der Waals surface area contributed by atoms with E-state index < -0.39 is 17.1 Å². The van der Waals surface area contributed by atoms with Gasteiger partial charge in [-0.1, -0.05) is 17.7 Å². The molecule has 0 radical (unpaired) electrons. The van der Waals surface area contributed by atoms with E-state index in [9.17, 15) is 14.4 Å². The predicted molar refractivity (Wildman–Crippen MR) is 89.6 cm³/mol. The quantitative estimate of drug-likeness (QED) is 0.801. The fourth-order valence-corrected chi connectivity index (χ4v) is 3.56. The van der Waals surface area contributed by atoms with Gasteiger partial charge in [-0.3, -0.25) is 14.5 Å². The number of nitrogens with one attached hydrogen (secondary N) is 2. The molecular weight excluding hydrogens is 330 g/mol. The van der Waals surface area contributed by atoms with Crippen molar-refractivity contribution in [2.24, 2.45) is 0 Å². The van der Waals surface area contributed by atoms with Gasteiger partial charge in [0.05, 0.1) is 0 Å². The third-order valence-electron chi connectivity index (χ3n) is 4.29. The SMILES string of the molecule is CC(C)(C)NC(=O)CN1C(=O)N[C@@]2(CCc3cc(Cl)ccc32)C1=O. The third-order valence-corrected chi connectivity index (χ3v) is 4.52. The molecule has 1 atom stereocenters. The van der Waals surface area contributed by atoms with Gasteiger partial charge in [0.15, 0.2) is 0 Å².